The van der Waals surface area contributed by atoms with Crippen LogP contribution in [0.25, 0.3) is 0 Å². The van der Waals surface area contributed by atoms with Gasteiger partial charge in [0.05, 0.1) is 0 Å². The lowest BCUT2D eigenvalue weighted by atomic mass is 10.0. The summed E-state index contributed by atoms with van der Waals surface area (Å²) in [5.74, 6) is 0.773. The zero-order valence-electron chi connectivity index (χ0n) is 15.2. The van der Waals surface area contributed by atoms with Gasteiger partial charge in [0, 0.05) is 18.3 Å². The number of nitrogens with two attached hydrogens (primary N) is 1. The Morgan fingerprint density at radius 3 is 2.69 bits per heavy atom. The molecule has 0 unspecified atom stereocenters. The smallest absolute Gasteiger partial charge is 0.263 e. The molecule has 1 aromatic heterocycles. The molecular weight excluding hydrogens is 328 g/mol. The van der Waals surface area contributed by atoms with E-state index in [1.165, 1.54) is 11.9 Å². The summed E-state index contributed by atoms with van der Waals surface area (Å²) in [7, 11) is 0. The molecule has 1 aromatic carbocycles. The fraction of sp³-hybridized carbons (Fsp3) is 0.421. The van der Waals surface area contributed by atoms with Gasteiger partial charge in [-0.1, -0.05) is 26.0 Å². The first kappa shape index (κ1) is 18.1. The number of nitrogen functional groups attached to an aromatic ring is 1. The number of piperidine rings is 1. The molecule has 138 valence electrons. The van der Waals surface area contributed by atoms with Gasteiger partial charge in [-0.05, 0) is 43.0 Å². The van der Waals surface area contributed by atoms with Crippen LogP contribution >= 0.6 is 0 Å². The summed E-state index contributed by atoms with van der Waals surface area (Å²) in [5, 5.41) is 9.55. The van der Waals surface area contributed by atoms with Gasteiger partial charge in [-0.25, -0.2) is 9.97 Å². The highest BCUT2D eigenvalue weighted by atomic mass is 16.1. The van der Waals surface area contributed by atoms with Crippen molar-refractivity contribution >= 4 is 23.2 Å². The van der Waals surface area contributed by atoms with Crippen LogP contribution in [0.1, 0.15) is 48.5 Å². The molecule has 0 radical (unpaired) electrons. The van der Waals surface area contributed by atoms with E-state index in [0.29, 0.717) is 17.4 Å². The lowest BCUT2D eigenvalue weighted by Gasteiger charge is -2.25. The molecule has 1 amide bonds. The summed E-state index contributed by atoms with van der Waals surface area (Å²) in [6.07, 6.45) is 3.48. The van der Waals surface area contributed by atoms with Crippen LogP contribution in [0.5, 0.6) is 0 Å². The summed E-state index contributed by atoms with van der Waals surface area (Å²) < 4.78 is 0. The first-order valence-corrected chi connectivity index (χ1v) is 9.03. The molecule has 2 heterocycles. The highest BCUT2D eigenvalue weighted by molar-refractivity contribution is 6.10. The molecule has 7 heteroatoms. The average Bonchev–Trinajstić information content (AvgIpc) is 2.63. The van der Waals surface area contributed by atoms with Gasteiger partial charge in [0.25, 0.3) is 5.91 Å². The summed E-state index contributed by atoms with van der Waals surface area (Å²) >= 11 is 0. The number of anilines is 3. The first-order valence-electron chi connectivity index (χ1n) is 9.03. The monoisotopic (exact) mass is 354 g/mol. The minimum Gasteiger partial charge on any atom is -0.383 e. The zero-order valence-corrected chi connectivity index (χ0v) is 15.2. The van der Waals surface area contributed by atoms with Crippen molar-refractivity contribution in [3.8, 4) is 0 Å². The predicted octanol–water partition coefficient (Wildman–Crippen LogP) is 2.60. The van der Waals surface area contributed by atoms with Gasteiger partial charge in [0.1, 0.15) is 23.5 Å². The van der Waals surface area contributed by atoms with E-state index in [0.717, 1.165) is 25.9 Å². The number of hydrogen-bond donors (Lipinski definition) is 4. The van der Waals surface area contributed by atoms with Crippen molar-refractivity contribution in [2.24, 2.45) is 0 Å². The van der Waals surface area contributed by atoms with Crippen molar-refractivity contribution in [3.05, 3.63) is 41.7 Å². The Labute approximate surface area is 153 Å². The third-order valence-electron chi connectivity index (χ3n) is 4.58. The highest BCUT2D eigenvalue weighted by Gasteiger charge is 2.21. The maximum Gasteiger partial charge on any atom is 0.263 e. The Morgan fingerprint density at radius 2 is 2.04 bits per heavy atom. The number of amides is 1. The normalized spacial score (nSPS) is 17.1. The molecule has 0 spiro atoms. The van der Waals surface area contributed by atoms with E-state index in [1.54, 1.807) is 0 Å². The molecule has 7 nitrogen and oxygen atoms in total. The second kappa shape index (κ2) is 8.14. The fourth-order valence-corrected chi connectivity index (χ4v) is 3.05. The van der Waals surface area contributed by atoms with E-state index in [1.807, 2.05) is 24.3 Å². The maximum atomic E-state index is 12.8. The summed E-state index contributed by atoms with van der Waals surface area (Å²) in [6.45, 7) is 6.12. The SMILES string of the molecule is CC(C)c1ccc(NC(=O)c2c(N)ncnc2N[C@@H]2CCCNC2)cc1. The molecule has 1 fully saturated rings. The fourth-order valence-electron chi connectivity index (χ4n) is 3.05. The quantitative estimate of drug-likeness (QED) is 0.658. The van der Waals surface area contributed by atoms with Crippen LogP contribution in [0, 0.1) is 0 Å². The Hall–Kier alpha value is -2.67. The Kier molecular flexibility index (Phi) is 5.68. The van der Waals surface area contributed by atoms with Gasteiger partial charge in [-0.3, -0.25) is 4.79 Å². The van der Waals surface area contributed by atoms with Gasteiger partial charge < -0.3 is 21.7 Å². The molecule has 1 saturated heterocycles. The lowest BCUT2D eigenvalue weighted by molar-refractivity contribution is 0.102. The molecule has 1 aliphatic rings. The minimum atomic E-state index is -0.313. The molecule has 3 rings (SSSR count). The summed E-state index contributed by atoms with van der Waals surface area (Å²) in [6, 6.07) is 8.03. The number of benzene rings is 1. The van der Waals surface area contributed by atoms with Gasteiger partial charge in [0.2, 0.25) is 0 Å². The van der Waals surface area contributed by atoms with E-state index >= 15 is 0 Å². The maximum absolute atomic E-state index is 12.8. The molecule has 26 heavy (non-hydrogen) atoms. The topological polar surface area (TPSA) is 105 Å². The highest BCUT2D eigenvalue weighted by Crippen LogP contribution is 2.22. The standard InChI is InChI=1S/C19H26N6O/c1-12(2)13-5-7-14(8-6-13)25-19(26)16-17(20)22-11-23-18(16)24-15-4-3-9-21-10-15/h5-8,11-12,15,21H,3-4,9-10H2,1-2H3,(H,25,26)(H3,20,22,23,24)/t15-/m1/s1. The zero-order chi connectivity index (χ0) is 18.5. The Bertz CT molecular complexity index is 753. The van der Waals surface area contributed by atoms with Crippen molar-refractivity contribution in [1.82, 2.24) is 15.3 Å². The number of aromatic nitrogens is 2. The molecule has 0 aliphatic carbocycles. The van der Waals surface area contributed by atoms with E-state index in [2.05, 4.69) is 39.8 Å². The van der Waals surface area contributed by atoms with E-state index in [-0.39, 0.29) is 23.3 Å². The van der Waals surface area contributed by atoms with Crippen LogP contribution in [0.2, 0.25) is 0 Å². The van der Waals surface area contributed by atoms with Gasteiger partial charge in [-0.2, -0.15) is 0 Å². The first-order chi connectivity index (χ1) is 12.5. The molecule has 0 bridgehead atoms. The van der Waals surface area contributed by atoms with E-state index < -0.39 is 0 Å². The largest absolute Gasteiger partial charge is 0.383 e. The van der Waals surface area contributed by atoms with Crippen LogP contribution in [0.3, 0.4) is 0 Å². The van der Waals surface area contributed by atoms with Gasteiger partial charge in [0.15, 0.2) is 0 Å². The van der Waals surface area contributed by atoms with E-state index in [4.69, 9.17) is 5.73 Å². The predicted molar refractivity (Wildman–Crippen MR) is 104 cm³/mol. The van der Waals surface area contributed by atoms with Crippen LogP contribution in [0.4, 0.5) is 17.3 Å². The lowest BCUT2D eigenvalue weighted by Crippen LogP contribution is -2.39. The van der Waals surface area contributed by atoms with Crippen molar-refractivity contribution in [1.29, 1.82) is 0 Å². The van der Waals surface area contributed by atoms with Crippen molar-refractivity contribution < 1.29 is 4.79 Å². The minimum absolute atomic E-state index is 0.169. The second-order valence-corrected chi connectivity index (χ2v) is 6.90. The molecule has 5 N–H and O–H groups in total. The molecule has 1 atom stereocenters. The van der Waals surface area contributed by atoms with E-state index in [9.17, 15) is 4.79 Å². The number of carbonyl (C=O) groups is 1. The molecule has 0 saturated carbocycles. The number of nitrogens with one attached hydrogen (secondary N) is 3. The van der Waals surface area contributed by atoms with Crippen LogP contribution in [0.15, 0.2) is 30.6 Å². The average molecular weight is 354 g/mol. The van der Waals surface area contributed by atoms with Crippen LogP contribution < -0.4 is 21.7 Å². The van der Waals surface area contributed by atoms with Gasteiger partial charge in [-0.15, -0.1) is 0 Å². The number of nitrogens with zero attached hydrogens (tertiary/aromatic N) is 2. The summed E-state index contributed by atoms with van der Waals surface area (Å²) in [5.41, 5.74) is 8.20. The Balaban J connectivity index is 1.77. The number of hydrogen-bond acceptors (Lipinski definition) is 6. The second-order valence-electron chi connectivity index (χ2n) is 6.90. The van der Waals surface area contributed by atoms with Gasteiger partial charge >= 0.3 is 0 Å². The third kappa shape index (κ3) is 4.29. The molecule has 2 aromatic rings. The molecule has 1 aliphatic heterocycles. The van der Waals surface area contributed by atoms with Crippen molar-refractivity contribution in [2.45, 2.75) is 38.6 Å². The third-order valence-corrected chi connectivity index (χ3v) is 4.58. The number of rotatable bonds is 5. The molecular formula is C19H26N6O. The number of carbonyl (C=O) groups excluding carboxylic acids is 1. The van der Waals surface area contributed by atoms with Crippen LogP contribution in [-0.4, -0.2) is 35.0 Å². The van der Waals surface area contributed by atoms with Crippen molar-refractivity contribution in [3.63, 3.8) is 0 Å². The van der Waals surface area contributed by atoms with Crippen LogP contribution in [-0.2, 0) is 0 Å². The van der Waals surface area contributed by atoms with Crippen molar-refractivity contribution in [2.75, 3.05) is 29.5 Å². The summed E-state index contributed by atoms with van der Waals surface area (Å²) in [4.78, 5) is 21.0. The Morgan fingerprint density at radius 1 is 1.27 bits per heavy atom.